The standard InChI is InChI=1S/C21H28O2/c1-5-7-8-17-9-11-18(12-10-17)21(22)19-13-14-20(23-6-2)16(4)15(19)3/h9-14,21-22H,5-8H2,1-4H3. The van der Waals surface area contributed by atoms with Crippen LogP contribution in [0.15, 0.2) is 36.4 Å². The molecule has 2 aromatic rings. The third-order valence-electron chi connectivity index (χ3n) is 4.49. The molecule has 124 valence electrons. The topological polar surface area (TPSA) is 29.5 Å². The van der Waals surface area contributed by atoms with Crippen LogP contribution in [0.25, 0.3) is 0 Å². The van der Waals surface area contributed by atoms with Crippen molar-refractivity contribution in [2.45, 2.75) is 53.1 Å². The maximum absolute atomic E-state index is 10.7. The second kappa shape index (κ2) is 8.16. The van der Waals surface area contributed by atoms with Crippen LogP contribution in [0.2, 0.25) is 0 Å². The highest BCUT2D eigenvalue weighted by molar-refractivity contribution is 5.46. The Labute approximate surface area is 140 Å². The Morgan fingerprint density at radius 1 is 0.957 bits per heavy atom. The summed E-state index contributed by atoms with van der Waals surface area (Å²) in [7, 11) is 0. The lowest BCUT2D eigenvalue weighted by molar-refractivity contribution is 0.219. The molecule has 0 radical (unpaired) electrons. The van der Waals surface area contributed by atoms with Crippen molar-refractivity contribution in [3.8, 4) is 5.75 Å². The quantitative estimate of drug-likeness (QED) is 0.768. The molecule has 23 heavy (non-hydrogen) atoms. The first-order chi connectivity index (χ1) is 11.1. The maximum atomic E-state index is 10.7. The van der Waals surface area contributed by atoms with E-state index in [0.29, 0.717) is 6.61 Å². The first-order valence-electron chi connectivity index (χ1n) is 8.58. The highest BCUT2D eigenvalue weighted by Gasteiger charge is 2.16. The Morgan fingerprint density at radius 3 is 2.26 bits per heavy atom. The number of hydrogen-bond acceptors (Lipinski definition) is 2. The number of aliphatic hydroxyl groups excluding tert-OH is 1. The highest BCUT2D eigenvalue weighted by Crippen LogP contribution is 2.31. The number of rotatable bonds is 7. The van der Waals surface area contributed by atoms with E-state index in [2.05, 4.69) is 19.1 Å². The van der Waals surface area contributed by atoms with E-state index in [1.165, 1.54) is 18.4 Å². The van der Waals surface area contributed by atoms with Crippen molar-refractivity contribution in [1.82, 2.24) is 0 Å². The number of hydrogen-bond donors (Lipinski definition) is 1. The summed E-state index contributed by atoms with van der Waals surface area (Å²) in [6.07, 6.45) is 2.92. The molecule has 0 bridgehead atoms. The van der Waals surface area contributed by atoms with Crippen LogP contribution in [0.1, 0.15) is 60.6 Å². The van der Waals surface area contributed by atoms with E-state index in [9.17, 15) is 5.11 Å². The molecule has 2 aromatic carbocycles. The molecule has 0 aliphatic rings. The van der Waals surface area contributed by atoms with E-state index in [0.717, 1.165) is 34.4 Å². The molecule has 0 saturated heterocycles. The van der Waals surface area contributed by atoms with Crippen LogP contribution >= 0.6 is 0 Å². The number of aliphatic hydroxyl groups is 1. The van der Waals surface area contributed by atoms with E-state index in [1.54, 1.807) is 0 Å². The predicted octanol–water partition coefficient (Wildman–Crippen LogP) is 5.13. The fraction of sp³-hybridized carbons (Fsp3) is 0.429. The van der Waals surface area contributed by atoms with Crippen molar-refractivity contribution in [1.29, 1.82) is 0 Å². The normalized spacial score (nSPS) is 12.2. The van der Waals surface area contributed by atoms with E-state index in [4.69, 9.17) is 4.74 Å². The maximum Gasteiger partial charge on any atom is 0.122 e. The fourth-order valence-electron chi connectivity index (χ4n) is 2.85. The van der Waals surface area contributed by atoms with Gasteiger partial charge >= 0.3 is 0 Å². The summed E-state index contributed by atoms with van der Waals surface area (Å²) in [6, 6.07) is 12.3. The Balaban J connectivity index is 2.23. The van der Waals surface area contributed by atoms with Crippen molar-refractivity contribution in [3.63, 3.8) is 0 Å². The number of ether oxygens (including phenoxy) is 1. The monoisotopic (exact) mass is 312 g/mol. The number of benzene rings is 2. The summed E-state index contributed by atoms with van der Waals surface area (Å²) in [4.78, 5) is 0. The summed E-state index contributed by atoms with van der Waals surface area (Å²) < 4.78 is 5.63. The van der Waals surface area contributed by atoms with Crippen molar-refractivity contribution < 1.29 is 9.84 Å². The van der Waals surface area contributed by atoms with Crippen molar-refractivity contribution in [2.24, 2.45) is 0 Å². The number of unbranched alkanes of at least 4 members (excludes halogenated alkanes) is 1. The molecule has 0 saturated carbocycles. The Kier molecular flexibility index (Phi) is 6.23. The molecule has 1 unspecified atom stereocenters. The molecule has 0 aliphatic heterocycles. The summed E-state index contributed by atoms with van der Waals surface area (Å²) in [5, 5.41) is 10.7. The van der Waals surface area contributed by atoms with Gasteiger partial charge in [-0.15, -0.1) is 0 Å². The molecule has 1 atom stereocenters. The summed E-state index contributed by atoms with van der Waals surface area (Å²) >= 11 is 0. The van der Waals surface area contributed by atoms with E-state index in [1.807, 2.05) is 45.0 Å². The Morgan fingerprint density at radius 2 is 1.65 bits per heavy atom. The lowest BCUT2D eigenvalue weighted by Gasteiger charge is -2.18. The van der Waals surface area contributed by atoms with Gasteiger partial charge in [0, 0.05) is 0 Å². The van der Waals surface area contributed by atoms with Crippen LogP contribution in [0.4, 0.5) is 0 Å². The average molecular weight is 312 g/mol. The minimum atomic E-state index is -0.593. The van der Waals surface area contributed by atoms with Gasteiger partial charge in [-0.1, -0.05) is 43.7 Å². The van der Waals surface area contributed by atoms with Crippen LogP contribution in [-0.4, -0.2) is 11.7 Å². The van der Waals surface area contributed by atoms with Gasteiger partial charge in [0.2, 0.25) is 0 Å². The molecule has 0 aromatic heterocycles. The summed E-state index contributed by atoms with van der Waals surface area (Å²) in [6.45, 7) is 8.94. The van der Waals surface area contributed by atoms with Gasteiger partial charge in [0.1, 0.15) is 11.9 Å². The van der Waals surface area contributed by atoms with Crippen LogP contribution in [0.5, 0.6) is 5.75 Å². The van der Waals surface area contributed by atoms with Crippen LogP contribution in [-0.2, 0) is 6.42 Å². The first-order valence-corrected chi connectivity index (χ1v) is 8.58. The third kappa shape index (κ3) is 4.14. The molecule has 0 fully saturated rings. The molecule has 0 spiro atoms. The van der Waals surface area contributed by atoms with Crippen molar-refractivity contribution >= 4 is 0 Å². The molecule has 2 rings (SSSR count). The molecule has 0 aliphatic carbocycles. The third-order valence-corrected chi connectivity index (χ3v) is 4.49. The van der Waals surface area contributed by atoms with E-state index >= 15 is 0 Å². The van der Waals surface area contributed by atoms with Gasteiger partial charge in [-0.2, -0.15) is 0 Å². The van der Waals surface area contributed by atoms with Crippen LogP contribution in [0.3, 0.4) is 0 Å². The smallest absolute Gasteiger partial charge is 0.122 e. The first kappa shape index (κ1) is 17.6. The van der Waals surface area contributed by atoms with Gasteiger partial charge in [-0.05, 0) is 67.5 Å². The highest BCUT2D eigenvalue weighted by atomic mass is 16.5. The molecule has 2 nitrogen and oxygen atoms in total. The largest absolute Gasteiger partial charge is 0.494 e. The average Bonchev–Trinajstić information content (AvgIpc) is 2.57. The van der Waals surface area contributed by atoms with Crippen molar-refractivity contribution in [2.75, 3.05) is 6.61 Å². The lowest BCUT2D eigenvalue weighted by atomic mass is 9.93. The van der Waals surface area contributed by atoms with Gasteiger partial charge in [0.05, 0.1) is 6.61 Å². The van der Waals surface area contributed by atoms with E-state index < -0.39 is 6.10 Å². The number of aryl methyl sites for hydroxylation is 1. The SMILES string of the molecule is CCCCc1ccc(C(O)c2ccc(OCC)c(C)c2C)cc1. The van der Waals surface area contributed by atoms with Gasteiger partial charge in [-0.3, -0.25) is 0 Å². The molecule has 2 heteroatoms. The zero-order chi connectivity index (χ0) is 16.8. The molecule has 0 amide bonds. The minimum Gasteiger partial charge on any atom is -0.494 e. The van der Waals surface area contributed by atoms with E-state index in [-0.39, 0.29) is 0 Å². The van der Waals surface area contributed by atoms with Gasteiger partial charge < -0.3 is 9.84 Å². The Hall–Kier alpha value is -1.80. The van der Waals surface area contributed by atoms with Gasteiger partial charge in [0.15, 0.2) is 0 Å². The minimum absolute atomic E-state index is 0.593. The second-order valence-electron chi connectivity index (χ2n) is 6.08. The molecule has 1 N–H and O–H groups in total. The van der Waals surface area contributed by atoms with Gasteiger partial charge in [-0.25, -0.2) is 0 Å². The molecule has 0 heterocycles. The van der Waals surface area contributed by atoms with Crippen LogP contribution in [0, 0.1) is 13.8 Å². The zero-order valence-corrected chi connectivity index (χ0v) is 14.7. The summed E-state index contributed by atoms with van der Waals surface area (Å²) in [5.41, 5.74) is 5.42. The van der Waals surface area contributed by atoms with Crippen LogP contribution < -0.4 is 4.74 Å². The van der Waals surface area contributed by atoms with Crippen molar-refractivity contribution in [3.05, 3.63) is 64.2 Å². The zero-order valence-electron chi connectivity index (χ0n) is 14.7. The Bertz CT molecular complexity index is 629. The fourth-order valence-corrected chi connectivity index (χ4v) is 2.85. The molecular formula is C21H28O2. The second-order valence-corrected chi connectivity index (χ2v) is 6.08. The lowest BCUT2D eigenvalue weighted by Crippen LogP contribution is -2.05. The predicted molar refractivity (Wildman–Crippen MR) is 96.2 cm³/mol. The summed E-state index contributed by atoms with van der Waals surface area (Å²) in [5.74, 6) is 0.899. The van der Waals surface area contributed by atoms with Gasteiger partial charge in [0.25, 0.3) is 0 Å². The molecular weight excluding hydrogens is 284 g/mol.